The average Bonchev–Trinajstić information content (AvgIpc) is 2.04. The molecule has 1 rings (SSSR count). The fourth-order valence-electron chi connectivity index (χ4n) is 1.00. The minimum Gasteiger partial charge on any atom is -0.313 e. The molecule has 0 aliphatic heterocycles. The maximum absolute atomic E-state index is 12.7. The lowest BCUT2D eigenvalue weighted by atomic mass is 10.2. The van der Waals surface area contributed by atoms with Gasteiger partial charge in [0.05, 0.1) is 0 Å². The molecule has 1 aromatic carbocycles. The molecule has 0 heterocycles. The third-order valence-electron chi connectivity index (χ3n) is 1.83. The molecule has 3 heteroatoms. The van der Waals surface area contributed by atoms with Crippen LogP contribution in [0.3, 0.4) is 0 Å². The molecule has 0 aliphatic carbocycles. The highest BCUT2D eigenvalue weighted by molar-refractivity contribution is 5.15. The molecule has 13 heavy (non-hydrogen) atoms. The highest BCUT2D eigenvalue weighted by Gasteiger charge is 2.06. The summed E-state index contributed by atoms with van der Waals surface area (Å²) >= 11 is 0. The van der Waals surface area contributed by atoms with Crippen LogP contribution in [0.2, 0.25) is 0 Å². The molecular weight excluding hydrogens is 169 g/mol. The number of halogens is 1. The zero-order valence-corrected chi connectivity index (χ0v) is 7.87. The molecule has 0 fully saturated rings. The fraction of sp³-hybridized carbons (Fsp3) is 0.400. The molecule has 0 amide bonds. The van der Waals surface area contributed by atoms with Gasteiger partial charge in [0, 0.05) is 12.6 Å². The van der Waals surface area contributed by atoms with E-state index >= 15 is 0 Å². The first-order valence-corrected chi connectivity index (χ1v) is 4.29. The van der Waals surface area contributed by atoms with Crippen LogP contribution in [0.4, 0.5) is 4.39 Å². The Kier molecular flexibility index (Phi) is 3.39. The van der Waals surface area contributed by atoms with Crippen molar-refractivity contribution in [2.75, 3.05) is 0 Å². The Morgan fingerprint density at radius 1 is 1.46 bits per heavy atom. The van der Waals surface area contributed by atoms with Gasteiger partial charge in [-0.1, -0.05) is 12.1 Å². The van der Waals surface area contributed by atoms with Crippen molar-refractivity contribution in [1.82, 2.24) is 5.06 Å². The van der Waals surface area contributed by atoms with Gasteiger partial charge < -0.3 is 5.21 Å². The van der Waals surface area contributed by atoms with Crippen LogP contribution in [-0.4, -0.2) is 16.3 Å². The van der Waals surface area contributed by atoms with E-state index in [-0.39, 0.29) is 11.9 Å². The molecular formula is C10H14FNO. The number of hydrogen-bond donors (Lipinski definition) is 1. The number of hydroxylamine groups is 2. The summed E-state index contributed by atoms with van der Waals surface area (Å²) in [6.07, 6.45) is 0. The molecule has 0 unspecified atom stereocenters. The standard InChI is InChI=1S/C10H14FNO/c1-8(2)12(13)7-9-4-3-5-10(11)6-9/h3-6,8,13H,7H2,1-2H3. The summed E-state index contributed by atoms with van der Waals surface area (Å²) < 4.78 is 12.7. The van der Waals surface area contributed by atoms with Crippen LogP contribution in [0.15, 0.2) is 24.3 Å². The Hall–Kier alpha value is -0.930. The van der Waals surface area contributed by atoms with Crippen LogP contribution in [0, 0.1) is 5.82 Å². The maximum atomic E-state index is 12.7. The normalized spacial score (nSPS) is 11.2. The molecule has 0 radical (unpaired) electrons. The molecule has 2 nitrogen and oxygen atoms in total. The maximum Gasteiger partial charge on any atom is 0.123 e. The van der Waals surface area contributed by atoms with E-state index in [1.165, 1.54) is 17.2 Å². The summed E-state index contributed by atoms with van der Waals surface area (Å²) in [6.45, 7) is 4.11. The van der Waals surface area contributed by atoms with E-state index in [9.17, 15) is 9.60 Å². The van der Waals surface area contributed by atoms with E-state index in [1.54, 1.807) is 12.1 Å². The van der Waals surface area contributed by atoms with Gasteiger partial charge in [0.1, 0.15) is 5.82 Å². The summed E-state index contributed by atoms with van der Waals surface area (Å²) in [5, 5.41) is 10.6. The largest absolute Gasteiger partial charge is 0.313 e. The van der Waals surface area contributed by atoms with E-state index in [4.69, 9.17) is 0 Å². The molecule has 0 aromatic heterocycles. The lowest BCUT2D eigenvalue weighted by Crippen LogP contribution is -2.26. The SMILES string of the molecule is CC(C)N(O)Cc1cccc(F)c1. The number of hydrogen-bond acceptors (Lipinski definition) is 2. The Morgan fingerprint density at radius 3 is 2.69 bits per heavy atom. The van der Waals surface area contributed by atoms with Crippen LogP contribution in [0.5, 0.6) is 0 Å². The Labute approximate surface area is 77.6 Å². The van der Waals surface area contributed by atoms with E-state index in [1.807, 2.05) is 13.8 Å². The van der Waals surface area contributed by atoms with Gasteiger partial charge in [-0.15, -0.1) is 0 Å². The second-order valence-electron chi connectivity index (χ2n) is 3.32. The first-order valence-electron chi connectivity index (χ1n) is 4.29. The average molecular weight is 183 g/mol. The summed E-state index contributed by atoms with van der Waals surface area (Å²) in [5.74, 6) is -0.269. The topological polar surface area (TPSA) is 23.5 Å². The lowest BCUT2D eigenvalue weighted by molar-refractivity contribution is -0.125. The summed E-state index contributed by atoms with van der Waals surface area (Å²) in [4.78, 5) is 0. The summed E-state index contributed by atoms with van der Waals surface area (Å²) in [5.41, 5.74) is 0.774. The zero-order valence-electron chi connectivity index (χ0n) is 7.87. The Balaban J connectivity index is 2.64. The number of benzene rings is 1. The van der Waals surface area contributed by atoms with Gasteiger partial charge >= 0.3 is 0 Å². The van der Waals surface area contributed by atoms with E-state index < -0.39 is 0 Å². The summed E-state index contributed by atoms with van der Waals surface area (Å²) in [7, 11) is 0. The molecule has 0 atom stereocenters. The molecule has 0 aliphatic rings. The van der Waals surface area contributed by atoms with E-state index in [0.29, 0.717) is 6.54 Å². The minimum absolute atomic E-state index is 0.0447. The van der Waals surface area contributed by atoms with Crippen molar-refractivity contribution in [2.45, 2.75) is 26.4 Å². The van der Waals surface area contributed by atoms with Crippen molar-refractivity contribution in [2.24, 2.45) is 0 Å². The van der Waals surface area contributed by atoms with Gasteiger partial charge in [0.2, 0.25) is 0 Å². The van der Waals surface area contributed by atoms with Crippen LogP contribution >= 0.6 is 0 Å². The third kappa shape index (κ3) is 3.13. The van der Waals surface area contributed by atoms with E-state index in [0.717, 1.165) is 5.56 Å². The first kappa shape index (κ1) is 10.2. The molecule has 1 N–H and O–H groups in total. The Morgan fingerprint density at radius 2 is 2.15 bits per heavy atom. The second-order valence-corrected chi connectivity index (χ2v) is 3.32. The van der Waals surface area contributed by atoms with Crippen LogP contribution in [0.25, 0.3) is 0 Å². The molecule has 0 saturated carbocycles. The van der Waals surface area contributed by atoms with Crippen LogP contribution in [0.1, 0.15) is 19.4 Å². The first-order chi connectivity index (χ1) is 6.09. The van der Waals surface area contributed by atoms with Gasteiger partial charge in [-0.25, -0.2) is 4.39 Å². The quantitative estimate of drug-likeness (QED) is 0.727. The lowest BCUT2D eigenvalue weighted by Gasteiger charge is -2.18. The van der Waals surface area contributed by atoms with Gasteiger partial charge in [-0.3, -0.25) is 0 Å². The van der Waals surface area contributed by atoms with Gasteiger partial charge in [-0.2, -0.15) is 5.06 Å². The highest BCUT2D eigenvalue weighted by Crippen LogP contribution is 2.07. The fourth-order valence-corrected chi connectivity index (χ4v) is 1.00. The van der Waals surface area contributed by atoms with Gasteiger partial charge in [-0.05, 0) is 31.5 Å². The van der Waals surface area contributed by atoms with Crippen molar-refractivity contribution in [3.63, 3.8) is 0 Å². The molecule has 0 bridgehead atoms. The molecule has 0 saturated heterocycles. The number of nitrogens with zero attached hydrogens (tertiary/aromatic N) is 1. The van der Waals surface area contributed by atoms with Gasteiger partial charge in [0.25, 0.3) is 0 Å². The number of rotatable bonds is 3. The van der Waals surface area contributed by atoms with Crippen LogP contribution in [-0.2, 0) is 6.54 Å². The smallest absolute Gasteiger partial charge is 0.123 e. The molecule has 0 spiro atoms. The van der Waals surface area contributed by atoms with Crippen molar-refractivity contribution >= 4 is 0 Å². The van der Waals surface area contributed by atoms with Gasteiger partial charge in [0.15, 0.2) is 0 Å². The zero-order chi connectivity index (χ0) is 9.84. The predicted octanol–water partition coefficient (Wildman–Crippen LogP) is 2.43. The summed E-state index contributed by atoms with van der Waals surface area (Å²) in [6, 6.07) is 6.28. The third-order valence-corrected chi connectivity index (χ3v) is 1.83. The van der Waals surface area contributed by atoms with Crippen molar-refractivity contribution in [3.8, 4) is 0 Å². The Bertz CT molecular complexity index is 275. The van der Waals surface area contributed by atoms with Crippen molar-refractivity contribution in [1.29, 1.82) is 0 Å². The van der Waals surface area contributed by atoms with Crippen molar-refractivity contribution in [3.05, 3.63) is 35.6 Å². The van der Waals surface area contributed by atoms with Crippen molar-refractivity contribution < 1.29 is 9.60 Å². The predicted molar refractivity (Wildman–Crippen MR) is 48.9 cm³/mol. The minimum atomic E-state index is -0.269. The highest BCUT2D eigenvalue weighted by atomic mass is 19.1. The van der Waals surface area contributed by atoms with E-state index in [2.05, 4.69) is 0 Å². The molecule has 1 aromatic rings. The molecule has 72 valence electrons. The monoisotopic (exact) mass is 183 g/mol. The van der Waals surface area contributed by atoms with Crippen LogP contribution < -0.4 is 0 Å². The second kappa shape index (κ2) is 4.35.